The molecule has 1 aliphatic rings. The molecule has 1 aromatic carbocycles. The van der Waals surface area contributed by atoms with Gasteiger partial charge in [0.25, 0.3) is 5.91 Å². The number of amides is 1. The SMILES string of the molecule is Cc1cc(F)ccc1C(=O)NC1CCCC1CN.Cl. The molecule has 1 fully saturated rings. The Balaban J connectivity index is 0.00000180. The molecule has 1 amide bonds. The van der Waals surface area contributed by atoms with Crippen LogP contribution in [0, 0.1) is 18.7 Å². The van der Waals surface area contributed by atoms with Crippen molar-refractivity contribution in [1.82, 2.24) is 5.32 Å². The third-order valence-electron chi connectivity index (χ3n) is 3.71. The van der Waals surface area contributed by atoms with Crippen molar-refractivity contribution < 1.29 is 9.18 Å². The van der Waals surface area contributed by atoms with Crippen molar-refractivity contribution in [1.29, 1.82) is 0 Å². The average Bonchev–Trinajstić information content (AvgIpc) is 2.76. The second kappa shape index (κ2) is 6.87. The van der Waals surface area contributed by atoms with Crippen LogP contribution in [-0.4, -0.2) is 18.5 Å². The highest BCUT2D eigenvalue weighted by Gasteiger charge is 2.27. The summed E-state index contributed by atoms with van der Waals surface area (Å²) in [6.07, 6.45) is 3.16. The van der Waals surface area contributed by atoms with E-state index in [1.807, 2.05) is 0 Å². The molecule has 5 heteroatoms. The van der Waals surface area contributed by atoms with Crippen LogP contribution in [0.15, 0.2) is 18.2 Å². The molecule has 1 aromatic rings. The van der Waals surface area contributed by atoms with Gasteiger partial charge < -0.3 is 11.1 Å². The number of benzene rings is 1. The molecule has 2 unspecified atom stereocenters. The van der Waals surface area contributed by atoms with Gasteiger partial charge in [0.1, 0.15) is 5.82 Å². The van der Waals surface area contributed by atoms with E-state index in [-0.39, 0.29) is 30.2 Å². The summed E-state index contributed by atoms with van der Waals surface area (Å²) in [5.41, 5.74) is 6.89. The number of carbonyl (C=O) groups is 1. The van der Waals surface area contributed by atoms with E-state index in [4.69, 9.17) is 5.73 Å². The molecule has 0 spiro atoms. The molecule has 1 saturated carbocycles. The Morgan fingerprint density at radius 1 is 1.47 bits per heavy atom. The zero-order chi connectivity index (χ0) is 13.1. The van der Waals surface area contributed by atoms with Crippen LogP contribution in [0.3, 0.4) is 0 Å². The molecule has 1 aliphatic carbocycles. The van der Waals surface area contributed by atoms with E-state index in [0.717, 1.165) is 19.3 Å². The van der Waals surface area contributed by atoms with Crippen molar-refractivity contribution in [2.75, 3.05) is 6.54 Å². The number of nitrogens with two attached hydrogens (primary N) is 1. The van der Waals surface area contributed by atoms with E-state index in [1.165, 1.54) is 18.2 Å². The Labute approximate surface area is 119 Å². The first-order chi connectivity index (χ1) is 8.61. The highest BCUT2D eigenvalue weighted by atomic mass is 35.5. The van der Waals surface area contributed by atoms with E-state index in [9.17, 15) is 9.18 Å². The van der Waals surface area contributed by atoms with Crippen molar-refractivity contribution >= 4 is 18.3 Å². The van der Waals surface area contributed by atoms with Gasteiger partial charge in [-0.1, -0.05) is 6.42 Å². The highest BCUT2D eigenvalue weighted by Crippen LogP contribution is 2.25. The van der Waals surface area contributed by atoms with Gasteiger partial charge in [0.05, 0.1) is 0 Å². The lowest BCUT2D eigenvalue weighted by atomic mass is 10.0. The highest BCUT2D eigenvalue weighted by molar-refractivity contribution is 5.95. The predicted octanol–water partition coefficient (Wildman–Crippen LogP) is 2.41. The van der Waals surface area contributed by atoms with Gasteiger partial charge in [-0.3, -0.25) is 4.79 Å². The summed E-state index contributed by atoms with van der Waals surface area (Å²) in [7, 11) is 0. The van der Waals surface area contributed by atoms with Crippen LogP contribution in [-0.2, 0) is 0 Å². The molecular formula is C14H20ClFN2O. The van der Waals surface area contributed by atoms with Crippen molar-refractivity contribution in [3.8, 4) is 0 Å². The summed E-state index contributed by atoms with van der Waals surface area (Å²) in [6.45, 7) is 2.35. The minimum absolute atomic E-state index is 0. The molecule has 19 heavy (non-hydrogen) atoms. The first-order valence-corrected chi connectivity index (χ1v) is 6.39. The van der Waals surface area contributed by atoms with Crippen LogP contribution in [0.2, 0.25) is 0 Å². The molecule has 2 rings (SSSR count). The summed E-state index contributed by atoms with van der Waals surface area (Å²) in [5, 5.41) is 3.02. The number of nitrogens with one attached hydrogen (secondary N) is 1. The van der Waals surface area contributed by atoms with Gasteiger partial charge in [-0.25, -0.2) is 4.39 Å². The molecular weight excluding hydrogens is 267 g/mol. The maximum atomic E-state index is 13.0. The van der Waals surface area contributed by atoms with E-state index in [1.54, 1.807) is 6.92 Å². The molecule has 0 saturated heterocycles. The quantitative estimate of drug-likeness (QED) is 0.896. The number of rotatable bonds is 3. The predicted molar refractivity (Wildman–Crippen MR) is 76.0 cm³/mol. The molecule has 0 aliphatic heterocycles. The first-order valence-electron chi connectivity index (χ1n) is 6.39. The fourth-order valence-corrected chi connectivity index (χ4v) is 2.64. The van der Waals surface area contributed by atoms with E-state index < -0.39 is 0 Å². The summed E-state index contributed by atoms with van der Waals surface area (Å²) < 4.78 is 13.0. The lowest BCUT2D eigenvalue weighted by Crippen LogP contribution is -2.40. The van der Waals surface area contributed by atoms with Crippen LogP contribution in [0.1, 0.15) is 35.2 Å². The number of carbonyl (C=O) groups excluding carboxylic acids is 1. The monoisotopic (exact) mass is 286 g/mol. The van der Waals surface area contributed by atoms with Gasteiger partial charge in [0.2, 0.25) is 0 Å². The summed E-state index contributed by atoms with van der Waals surface area (Å²) >= 11 is 0. The van der Waals surface area contributed by atoms with Gasteiger partial charge in [-0.15, -0.1) is 12.4 Å². The number of halogens is 2. The van der Waals surface area contributed by atoms with E-state index in [2.05, 4.69) is 5.32 Å². The van der Waals surface area contributed by atoms with Gasteiger partial charge in [0, 0.05) is 11.6 Å². The van der Waals surface area contributed by atoms with Crippen molar-refractivity contribution in [3.63, 3.8) is 0 Å². The summed E-state index contributed by atoms with van der Waals surface area (Å²) in [6, 6.07) is 4.39. The molecule has 3 nitrogen and oxygen atoms in total. The normalized spacial score (nSPS) is 21.8. The molecule has 2 atom stereocenters. The molecule has 0 aromatic heterocycles. The Morgan fingerprint density at radius 2 is 2.21 bits per heavy atom. The molecule has 106 valence electrons. The Morgan fingerprint density at radius 3 is 2.84 bits per heavy atom. The van der Waals surface area contributed by atoms with E-state index in [0.29, 0.717) is 23.6 Å². The Hall–Kier alpha value is -1.13. The van der Waals surface area contributed by atoms with Crippen molar-refractivity contribution in [2.24, 2.45) is 11.7 Å². The minimum atomic E-state index is -0.315. The van der Waals surface area contributed by atoms with Crippen LogP contribution in [0.5, 0.6) is 0 Å². The van der Waals surface area contributed by atoms with Gasteiger partial charge >= 0.3 is 0 Å². The smallest absolute Gasteiger partial charge is 0.251 e. The Bertz CT molecular complexity index is 453. The van der Waals surface area contributed by atoms with Gasteiger partial charge in [-0.05, 0) is 56.0 Å². The number of aryl methyl sites for hydroxylation is 1. The van der Waals surface area contributed by atoms with Crippen LogP contribution in [0.25, 0.3) is 0 Å². The van der Waals surface area contributed by atoms with Crippen LogP contribution >= 0.6 is 12.4 Å². The minimum Gasteiger partial charge on any atom is -0.349 e. The number of hydrogen-bond acceptors (Lipinski definition) is 2. The zero-order valence-electron chi connectivity index (χ0n) is 11.0. The largest absolute Gasteiger partial charge is 0.349 e. The Kier molecular flexibility index (Phi) is 5.76. The molecule has 3 N–H and O–H groups in total. The lowest BCUT2D eigenvalue weighted by molar-refractivity contribution is 0.0928. The van der Waals surface area contributed by atoms with Crippen LogP contribution in [0.4, 0.5) is 4.39 Å². The first kappa shape index (κ1) is 15.9. The maximum absolute atomic E-state index is 13.0. The second-order valence-corrected chi connectivity index (χ2v) is 4.97. The lowest BCUT2D eigenvalue weighted by Gasteiger charge is -2.20. The van der Waals surface area contributed by atoms with Crippen molar-refractivity contribution in [3.05, 3.63) is 35.1 Å². The summed E-state index contributed by atoms with van der Waals surface area (Å²) in [4.78, 5) is 12.1. The third-order valence-corrected chi connectivity index (χ3v) is 3.71. The second-order valence-electron chi connectivity index (χ2n) is 4.97. The van der Waals surface area contributed by atoms with E-state index >= 15 is 0 Å². The molecule has 0 radical (unpaired) electrons. The molecule has 0 bridgehead atoms. The third kappa shape index (κ3) is 3.67. The number of hydrogen-bond donors (Lipinski definition) is 2. The topological polar surface area (TPSA) is 55.1 Å². The van der Waals surface area contributed by atoms with Gasteiger partial charge in [0.15, 0.2) is 0 Å². The molecule has 0 heterocycles. The van der Waals surface area contributed by atoms with Gasteiger partial charge in [-0.2, -0.15) is 0 Å². The van der Waals surface area contributed by atoms with Crippen LogP contribution < -0.4 is 11.1 Å². The average molecular weight is 287 g/mol. The fourth-order valence-electron chi connectivity index (χ4n) is 2.64. The maximum Gasteiger partial charge on any atom is 0.251 e. The fraction of sp³-hybridized carbons (Fsp3) is 0.500. The standard InChI is InChI=1S/C14H19FN2O.ClH/c1-9-7-11(15)5-6-12(9)14(18)17-13-4-2-3-10(13)8-16;/h5-7,10,13H,2-4,8,16H2,1H3,(H,17,18);1H. The van der Waals surface area contributed by atoms with Crippen molar-refractivity contribution in [2.45, 2.75) is 32.2 Å². The summed E-state index contributed by atoms with van der Waals surface area (Å²) in [5.74, 6) is -0.0719. The zero-order valence-corrected chi connectivity index (χ0v) is 11.8.